The van der Waals surface area contributed by atoms with Crippen LogP contribution in [0.15, 0.2) is 65.6 Å². The van der Waals surface area contributed by atoms with Gasteiger partial charge < -0.3 is 19.3 Å². The van der Waals surface area contributed by atoms with Crippen LogP contribution >= 0.6 is 11.6 Å². The van der Waals surface area contributed by atoms with Crippen molar-refractivity contribution in [1.29, 1.82) is 0 Å². The minimum absolute atomic E-state index is 0.0569. The maximum absolute atomic E-state index is 14.1. The monoisotopic (exact) mass is 559 g/mol. The number of halogens is 2. The first-order chi connectivity index (χ1) is 18.2. The third kappa shape index (κ3) is 5.37. The highest BCUT2D eigenvalue weighted by Crippen LogP contribution is 2.34. The van der Waals surface area contributed by atoms with Gasteiger partial charge in [-0.25, -0.2) is 12.8 Å². The summed E-state index contributed by atoms with van der Waals surface area (Å²) in [7, 11) is -4.24. The molecule has 3 aromatic rings. The highest BCUT2D eigenvalue weighted by atomic mass is 35.5. The van der Waals surface area contributed by atoms with Crippen molar-refractivity contribution in [2.45, 2.75) is 11.8 Å². The van der Waals surface area contributed by atoms with Crippen molar-refractivity contribution in [3.05, 3.63) is 77.1 Å². The molecule has 0 radical (unpaired) electrons. The molecular weight excluding hydrogens is 533 g/mol. The van der Waals surface area contributed by atoms with Gasteiger partial charge in [-0.1, -0.05) is 23.7 Å². The predicted octanol–water partition coefficient (Wildman–Crippen LogP) is 4.10. The molecule has 0 aromatic heterocycles. The Morgan fingerprint density at radius 1 is 0.974 bits per heavy atom. The number of rotatable bonds is 6. The summed E-state index contributed by atoms with van der Waals surface area (Å²) in [5.74, 6) is -0.243. The van der Waals surface area contributed by atoms with Gasteiger partial charge in [0.2, 0.25) is 5.91 Å². The average molecular weight is 560 g/mol. The van der Waals surface area contributed by atoms with Crippen LogP contribution in [-0.4, -0.2) is 65.2 Å². The summed E-state index contributed by atoms with van der Waals surface area (Å²) < 4.78 is 53.7. The van der Waals surface area contributed by atoms with E-state index in [-0.39, 0.29) is 16.5 Å². The van der Waals surface area contributed by atoms with E-state index < -0.39 is 22.4 Å². The second-order valence-electron chi connectivity index (χ2n) is 9.10. The van der Waals surface area contributed by atoms with Crippen LogP contribution in [0.5, 0.6) is 11.5 Å². The molecule has 0 aliphatic carbocycles. The van der Waals surface area contributed by atoms with Gasteiger partial charge in [0.15, 0.2) is 11.5 Å². The lowest BCUT2D eigenvalue weighted by molar-refractivity contribution is -0.129. The molecule has 2 heterocycles. The van der Waals surface area contributed by atoms with E-state index in [1.54, 1.807) is 4.90 Å². The number of hydrogen-bond acceptors (Lipinski definition) is 6. The van der Waals surface area contributed by atoms with E-state index in [9.17, 15) is 17.6 Å². The van der Waals surface area contributed by atoms with Crippen LogP contribution in [0.4, 0.5) is 15.8 Å². The van der Waals surface area contributed by atoms with Gasteiger partial charge in [-0.05, 0) is 55.0 Å². The van der Waals surface area contributed by atoms with Crippen molar-refractivity contribution >= 4 is 38.9 Å². The Morgan fingerprint density at radius 3 is 2.45 bits per heavy atom. The van der Waals surface area contributed by atoms with Gasteiger partial charge in [0.1, 0.15) is 25.6 Å². The summed E-state index contributed by atoms with van der Waals surface area (Å²) in [5.41, 5.74) is 2.14. The zero-order chi connectivity index (χ0) is 26.9. The molecule has 1 saturated heterocycles. The zero-order valence-corrected chi connectivity index (χ0v) is 22.3. The summed E-state index contributed by atoms with van der Waals surface area (Å²) in [6.45, 7) is 4.15. The summed E-state index contributed by atoms with van der Waals surface area (Å²) in [4.78, 5) is 17.1. The maximum atomic E-state index is 14.1. The first kappa shape index (κ1) is 26.1. The molecule has 0 unspecified atom stereocenters. The van der Waals surface area contributed by atoms with Gasteiger partial charge in [-0.15, -0.1) is 0 Å². The number of anilines is 2. The second-order valence-corrected chi connectivity index (χ2v) is 11.4. The molecule has 1 fully saturated rings. The van der Waals surface area contributed by atoms with E-state index >= 15 is 0 Å². The van der Waals surface area contributed by atoms with Gasteiger partial charge in [0.05, 0.1) is 10.6 Å². The lowest BCUT2D eigenvalue weighted by Crippen LogP contribution is -2.52. The third-order valence-electron chi connectivity index (χ3n) is 6.62. The first-order valence-electron chi connectivity index (χ1n) is 12.2. The quantitative estimate of drug-likeness (QED) is 0.452. The van der Waals surface area contributed by atoms with Gasteiger partial charge in [0, 0.05) is 43.0 Å². The molecule has 0 atom stereocenters. The number of sulfonamides is 1. The van der Waals surface area contributed by atoms with E-state index in [1.807, 2.05) is 25.1 Å². The molecule has 2 aliphatic rings. The maximum Gasteiger partial charge on any atom is 0.264 e. The number of hydrogen-bond donors (Lipinski definition) is 0. The zero-order valence-electron chi connectivity index (χ0n) is 20.8. The fourth-order valence-electron chi connectivity index (χ4n) is 4.60. The van der Waals surface area contributed by atoms with Crippen molar-refractivity contribution in [2.24, 2.45) is 0 Å². The van der Waals surface area contributed by atoms with Crippen LogP contribution in [0, 0.1) is 12.7 Å². The van der Waals surface area contributed by atoms with Crippen LogP contribution in [-0.2, 0) is 14.8 Å². The standard InChI is InChI=1S/C27H27ClFN3O5S/c1-19-5-6-20(28)15-24(19)30-9-11-31(12-10-30)27(33)18-32(22-4-2-3-21(29)16-22)38(34,35)23-7-8-25-26(17-23)37-14-13-36-25/h2-8,15-17H,9-14,18H2,1H3. The average Bonchev–Trinajstić information content (AvgIpc) is 2.92. The Hall–Kier alpha value is -3.50. The van der Waals surface area contributed by atoms with Crippen LogP contribution in [0.2, 0.25) is 5.02 Å². The van der Waals surface area contributed by atoms with E-state index in [2.05, 4.69) is 4.90 Å². The number of piperazine rings is 1. The lowest BCUT2D eigenvalue weighted by Gasteiger charge is -2.37. The molecule has 0 saturated carbocycles. The van der Waals surface area contributed by atoms with E-state index in [1.165, 1.54) is 36.4 Å². The summed E-state index contributed by atoms with van der Waals surface area (Å²) in [6.07, 6.45) is 0. The minimum atomic E-state index is -4.24. The molecule has 0 spiro atoms. The molecular formula is C27H27ClFN3O5S. The van der Waals surface area contributed by atoms with Crippen LogP contribution < -0.4 is 18.7 Å². The van der Waals surface area contributed by atoms with Crippen molar-refractivity contribution in [1.82, 2.24) is 4.90 Å². The van der Waals surface area contributed by atoms with E-state index in [4.69, 9.17) is 21.1 Å². The smallest absolute Gasteiger partial charge is 0.264 e. The Balaban J connectivity index is 1.37. The minimum Gasteiger partial charge on any atom is -0.486 e. The number of ether oxygens (including phenoxy) is 2. The van der Waals surface area contributed by atoms with Gasteiger partial charge in [-0.3, -0.25) is 9.10 Å². The number of amides is 1. The molecule has 200 valence electrons. The van der Waals surface area contributed by atoms with Crippen LogP contribution in [0.3, 0.4) is 0 Å². The molecule has 0 N–H and O–H groups in total. The molecule has 5 rings (SSSR count). The third-order valence-corrected chi connectivity index (χ3v) is 8.63. The topological polar surface area (TPSA) is 79.4 Å². The Bertz CT molecular complexity index is 1460. The first-order valence-corrected chi connectivity index (χ1v) is 14.0. The number of carbonyl (C=O) groups is 1. The molecule has 2 aliphatic heterocycles. The molecule has 38 heavy (non-hydrogen) atoms. The molecule has 0 bridgehead atoms. The van der Waals surface area contributed by atoms with Gasteiger partial charge >= 0.3 is 0 Å². The fraction of sp³-hybridized carbons (Fsp3) is 0.296. The van der Waals surface area contributed by atoms with Crippen LogP contribution in [0.25, 0.3) is 0 Å². The molecule has 11 heteroatoms. The number of fused-ring (bicyclic) bond motifs is 1. The number of benzene rings is 3. The number of aryl methyl sites for hydroxylation is 1. The van der Waals surface area contributed by atoms with Crippen molar-refractivity contribution < 1.29 is 27.1 Å². The normalized spacial score (nSPS) is 15.3. The Morgan fingerprint density at radius 2 is 1.71 bits per heavy atom. The Labute approximate surface area is 226 Å². The van der Waals surface area contributed by atoms with Crippen molar-refractivity contribution in [2.75, 3.05) is 55.1 Å². The fourth-order valence-corrected chi connectivity index (χ4v) is 6.19. The SMILES string of the molecule is Cc1ccc(Cl)cc1N1CCN(C(=O)CN(c2cccc(F)c2)S(=O)(=O)c2ccc3c(c2)OCCO3)CC1. The van der Waals surface area contributed by atoms with Crippen LogP contribution in [0.1, 0.15) is 5.56 Å². The largest absolute Gasteiger partial charge is 0.486 e. The van der Waals surface area contributed by atoms with Crippen molar-refractivity contribution in [3.63, 3.8) is 0 Å². The van der Waals surface area contributed by atoms with Crippen molar-refractivity contribution in [3.8, 4) is 11.5 Å². The molecule has 8 nitrogen and oxygen atoms in total. The predicted molar refractivity (Wildman–Crippen MR) is 143 cm³/mol. The van der Waals surface area contributed by atoms with Gasteiger partial charge in [-0.2, -0.15) is 0 Å². The molecule has 3 aromatic carbocycles. The van der Waals surface area contributed by atoms with E-state index in [0.29, 0.717) is 55.9 Å². The highest BCUT2D eigenvalue weighted by molar-refractivity contribution is 7.92. The second kappa shape index (κ2) is 10.7. The Kier molecular flexibility index (Phi) is 7.36. The molecule has 1 amide bonds. The van der Waals surface area contributed by atoms with Gasteiger partial charge in [0.25, 0.3) is 10.0 Å². The lowest BCUT2D eigenvalue weighted by atomic mass is 10.1. The summed E-state index contributed by atoms with van der Waals surface area (Å²) in [6, 6.07) is 15.2. The number of nitrogens with zero attached hydrogens (tertiary/aromatic N) is 3. The number of carbonyl (C=O) groups excluding carboxylic acids is 1. The van der Waals surface area contributed by atoms with E-state index in [0.717, 1.165) is 21.6 Å². The summed E-state index contributed by atoms with van der Waals surface area (Å²) in [5, 5.41) is 0.638. The highest BCUT2D eigenvalue weighted by Gasteiger charge is 2.32. The summed E-state index contributed by atoms with van der Waals surface area (Å²) >= 11 is 6.18.